The maximum absolute atomic E-state index is 6.43. The summed E-state index contributed by atoms with van der Waals surface area (Å²) < 4.78 is 0. The smallest absolute Gasteiger partial charge is 0.0453 e. The Kier molecular flexibility index (Phi) is 4.34. The van der Waals surface area contributed by atoms with E-state index in [0.29, 0.717) is 0 Å². The number of benzene rings is 1. The Hall–Kier alpha value is -0.530. The SMILES string of the molecule is CC(C)(C)c1ccc(CN2CCCCC2)c(Cl)c1. The van der Waals surface area contributed by atoms with E-state index in [1.54, 1.807) is 0 Å². The number of piperidine rings is 1. The zero-order chi connectivity index (χ0) is 13.2. The van der Waals surface area contributed by atoms with Crippen LogP contribution in [-0.2, 0) is 12.0 Å². The Bertz CT molecular complexity index is 400. The van der Waals surface area contributed by atoms with Gasteiger partial charge in [0.2, 0.25) is 0 Å². The van der Waals surface area contributed by atoms with Crippen molar-refractivity contribution in [1.29, 1.82) is 0 Å². The molecule has 2 rings (SSSR count). The number of rotatable bonds is 2. The fraction of sp³-hybridized carbons (Fsp3) is 0.625. The predicted octanol–water partition coefficient (Wildman–Crippen LogP) is 4.62. The van der Waals surface area contributed by atoms with Gasteiger partial charge in [0.1, 0.15) is 0 Å². The lowest BCUT2D eigenvalue weighted by Crippen LogP contribution is -2.29. The van der Waals surface area contributed by atoms with Gasteiger partial charge in [-0.1, -0.05) is 50.9 Å². The lowest BCUT2D eigenvalue weighted by Gasteiger charge is -2.27. The molecule has 0 amide bonds. The van der Waals surface area contributed by atoms with Crippen molar-refractivity contribution in [3.63, 3.8) is 0 Å². The Morgan fingerprint density at radius 1 is 1.11 bits per heavy atom. The summed E-state index contributed by atoms with van der Waals surface area (Å²) in [5, 5.41) is 0.924. The molecule has 0 radical (unpaired) electrons. The van der Waals surface area contributed by atoms with E-state index >= 15 is 0 Å². The molecule has 0 spiro atoms. The molecule has 2 heteroatoms. The molecule has 0 N–H and O–H groups in total. The summed E-state index contributed by atoms with van der Waals surface area (Å²) in [5.41, 5.74) is 2.76. The van der Waals surface area contributed by atoms with Gasteiger partial charge in [-0.25, -0.2) is 0 Å². The van der Waals surface area contributed by atoms with Crippen molar-refractivity contribution in [2.45, 2.75) is 52.0 Å². The monoisotopic (exact) mass is 265 g/mol. The number of nitrogens with zero attached hydrogens (tertiary/aromatic N) is 1. The van der Waals surface area contributed by atoms with Gasteiger partial charge in [-0.2, -0.15) is 0 Å². The molecule has 100 valence electrons. The molecule has 0 saturated carbocycles. The van der Waals surface area contributed by atoms with Gasteiger partial charge >= 0.3 is 0 Å². The van der Waals surface area contributed by atoms with Crippen LogP contribution in [0.3, 0.4) is 0 Å². The first-order chi connectivity index (χ1) is 8.47. The van der Waals surface area contributed by atoms with Crippen LogP contribution in [-0.4, -0.2) is 18.0 Å². The van der Waals surface area contributed by atoms with E-state index < -0.39 is 0 Å². The van der Waals surface area contributed by atoms with Crippen molar-refractivity contribution in [3.05, 3.63) is 34.3 Å². The van der Waals surface area contributed by atoms with Gasteiger partial charge in [0.15, 0.2) is 0 Å². The van der Waals surface area contributed by atoms with Crippen LogP contribution in [0.5, 0.6) is 0 Å². The zero-order valence-corrected chi connectivity index (χ0v) is 12.6. The average Bonchev–Trinajstić information content (AvgIpc) is 2.32. The molecule has 0 aromatic heterocycles. The van der Waals surface area contributed by atoms with Gasteiger partial charge in [0.25, 0.3) is 0 Å². The van der Waals surface area contributed by atoms with E-state index in [1.165, 1.54) is 43.5 Å². The summed E-state index contributed by atoms with van der Waals surface area (Å²) >= 11 is 6.43. The molecule has 0 unspecified atom stereocenters. The van der Waals surface area contributed by atoms with Gasteiger partial charge in [-0.05, 0) is 48.5 Å². The van der Waals surface area contributed by atoms with Crippen molar-refractivity contribution in [3.8, 4) is 0 Å². The molecule has 1 aliphatic rings. The summed E-state index contributed by atoms with van der Waals surface area (Å²) in [4.78, 5) is 2.52. The van der Waals surface area contributed by atoms with E-state index in [0.717, 1.165) is 11.6 Å². The number of hydrogen-bond acceptors (Lipinski definition) is 1. The molecular weight excluding hydrogens is 242 g/mol. The topological polar surface area (TPSA) is 3.24 Å². The van der Waals surface area contributed by atoms with Gasteiger partial charge < -0.3 is 0 Å². The van der Waals surface area contributed by atoms with E-state index in [1.807, 2.05) is 0 Å². The maximum atomic E-state index is 6.43. The summed E-state index contributed by atoms with van der Waals surface area (Å²) in [6, 6.07) is 6.57. The highest BCUT2D eigenvalue weighted by molar-refractivity contribution is 6.31. The molecule has 0 aliphatic carbocycles. The summed E-state index contributed by atoms with van der Waals surface area (Å²) in [5.74, 6) is 0. The minimum atomic E-state index is 0.174. The lowest BCUT2D eigenvalue weighted by molar-refractivity contribution is 0.221. The van der Waals surface area contributed by atoms with Crippen LogP contribution < -0.4 is 0 Å². The maximum Gasteiger partial charge on any atom is 0.0453 e. The lowest BCUT2D eigenvalue weighted by atomic mass is 9.86. The fourth-order valence-electron chi connectivity index (χ4n) is 2.50. The van der Waals surface area contributed by atoms with Crippen LogP contribution in [0.25, 0.3) is 0 Å². The van der Waals surface area contributed by atoms with Crippen LogP contribution >= 0.6 is 11.6 Å². The van der Waals surface area contributed by atoms with Crippen LogP contribution in [0.15, 0.2) is 18.2 Å². The van der Waals surface area contributed by atoms with E-state index in [9.17, 15) is 0 Å². The number of halogens is 1. The first-order valence-electron chi connectivity index (χ1n) is 6.98. The molecule has 1 aromatic rings. The Morgan fingerprint density at radius 3 is 2.33 bits per heavy atom. The molecule has 1 aliphatic heterocycles. The summed E-state index contributed by atoms with van der Waals surface area (Å²) in [7, 11) is 0. The summed E-state index contributed by atoms with van der Waals surface area (Å²) in [6.45, 7) is 10.1. The second kappa shape index (κ2) is 5.63. The zero-order valence-electron chi connectivity index (χ0n) is 11.8. The van der Waals surface area contributed by atoms with Crippen LogP contribution in [0.4, 0.5) is 0 Å². The highest BCUT2D eigenvalue weighted by atomic mass is 35.5. The first kappa shape index (κ1) is 13.9. The molecule has 18 heavy (non-hydrogen) atoms. The molecule has 1 fully saturated rings. The van der Waals surface area contributed by atoms with Crippen molar-refractivity contribution >= 4 is 11.6 Å². The standard InChI is InChI=1S/C16H24ClN/c1-16(2,3)14-8-7-13(15(17)11-14)12-18-9-5-4-6-10-18/h7-8,11H,4-6,9-10,12H2,1-3H3. The quantitative estimate of drug-likeness (QED) is 0.754. The predicted molar refractivity (Wildman–Crippen MR) is 79.3 cm³/mol. The van der Waals surface area contributed by atoms with Crippen LogP contribution in [0.2, 0.25) is 5.02 Å². The van der Waals surface area contributed by atoms with Gasteiger partial charge in [0.05, 0.1) is 0 Å². The molecule has 0 bridgehead atoms. The molecular formula is C16H24ClN. The van der Waals surface area contributed by atoms with Crippen molar-refractivity contribution in [2.75, 3.05) is 13.1 Å². The van der Waals surface area contributed by atoms with Gasteiger partial charge in [-0.15, -0.1) is 0 Å². The second-order valence-corrected chi connectivity index (χ2v) is 6.80. The van der Waals surface area contributed by atoms with Gasteiger partial charge in [-0.3, -0.25) is 4.90 Å². The van der Waals surface area contributed by atoms with Gasteiger partial charge in [0, 0.05) is 11.6 Å². The Balaban J connectivity index is 2.09. The molecule has 1 heterocycles. The minimum absolute atomic E-state index is 0.174. The largest absolute Gasteiger partial charge is 0.299 e. The highest BCUT2D eigenvalue weighted by Crippen LogP contribution is 2.28. The average molecular weight is 266 g/mol. The van der Waals surface area contributed by atoms with Crippen molar-refractivity contribution in [1.82, 2.24) is 4.90 Å². The van der Waals surface area contributed by atoms with E-state index in [-0.39, 0.29) is 5.41 Å². The Labute approximate surface area is 116 Å². The minimum Gasteiger partial charge on any atom is -0.299 e. The molecule has 1 saturated heterocycles. The first-order valence-corrected chi connectivity index (χ1v) is 7.36. The molecule has 0 atom stereocenters. The Morgan fingerprint density at radius 2 is 1.78 bits per heavy atom. The third kappa shape index (κ3) is 3.49. The van der Waals surface area contributed by atoms with E-state index in [4.69, 9.17) is 11.6 Å². The second-order valence-electron chi connectivity index (χ2n) is 6.39. The number of hydrogen-bond donors (Lipinski definition) is 0. The third-order valence-corrected chi connectivity index (χ3v) is 4.11. The van der Waals surface area contributed by atoms with Crippen LogP contribution in [0, 0.1) is 0 Å². The molecule has 1 aromatic carbocycles. The summed E-state index contributed by atoms with van der Waals surface area (Å²) in [6.07, 6.45) is 4.04. The van der Waals surface area contributed by atoms with Crippen LogP contribution in [0.1, 0.15) is 51.2 Å². The molecule has 1 nitrogen and oxygen atoms in total. The number of likely N-dealkylation sites (tertiary alicyclic amines) is 1. The van der Waals surface area contributed by atoms with Crippen molar-refractivity contribution in [2.24, 2.45) is 0 Å². The normalized spacial score (nSPS) is 18.0. The third-order valence-electron chi connectivity index (χ3n) is 3.76. The van der Waals surface area contributed by atoms with E-state index in [2.05, 4.69) is 43.9 Å². The highest BCUT2D eigenvalue weighted by Gasteiger charge is 2.16. The van der Waals surface area contributed by atoms with Crippen molar-refractivity contribution < 1.29 is 0 Å². The fourth-order valence-corrected chi connectivity index (χ4v) is 2.74.